The summed E-state index contributed by atoms with van der Waals surface area (Å²) >= 11 is 3.35. The Kier molecular flexibility index (Phi) is 7.26. The van der Waals surface area contributed by atoms with Crippen LogP contribution in [0, 0.1) is 6.92 Å². The van der Waals surface area contributed by atoms with Crippen molar-refractivity contribution in [2.45, 2.75) is 38.0 Å². The summed E-state index contributed by atoms with van der Waals surface area (Å²) in [5, 5.41) is 2.73. The summed E-state index contributed by atoms with van der Waals surface area (Å²) in [6.45, 7) is 3.87. The minimum Gasteiger partial charge on any atom is -0.495 e. The number of unbranched alkanes of at least 4 members (excludes halogenated alkanes) is 1. The molecule has 0 aliphatic carbocycles. The molecule has 0 radical (unpaired) electrons. The average molecular weight is 455 g/mol. The monoisotopic (exact) mass is 454 g/mol. The van der Waals surface area contributed by atoms with Crippen LogP contribution in [-0.4, -0.2) is 21.4 Å². The van der Waals surface area contributed by atoms with Gasteiger partial charge in [0.1, 0.15) is 10.6 Å². The van der Waals surface area contributed by atoms with Gasteiger partial charge >= 0.3 is 0 Å². The standard InChI is InChI=1S/C19H23BrN2O4S/c1-4-5-6-19(23)21-14-8-10-17(26-3)18(12-14)27(24,25)22-16-11-13(2)7-9-15(16)20/h7-12,22H,4-6H2,1-3H3,(H,21,23). The summed E-state index contributed by atoms with van der Waals surface area (Å²) in [6.07, 6.45) is 2.07. The lowest BCUT2D eigenvalue weighted by molar-refractivity contribution is -0.116. The molecular formula is C19H23BrN2O4S. The molecule has 0 fully saturated rings. The number of amides is 1. The number of halogens is 1. The third kappa shape index (κ3) is 5.71. The van der Waals surface area contributed by atoms with Crippen LogP contribution in [0.1, 0.15) is 31.7 Å². The van der Waals surface area contributed by atoms with Gasteiger partial charge in [0, 0.05) is 16.6 Å². The molecule has 0 unspecified atom stereocenters. The van der Waals surface area contributed by atoms with E-state index in [-0.39, 0.29) is 16.6 Å². The predicted molar refractivity (Wildman–Crippen MR) is 111 cm³/mol. The highest BCUT2D eigenvalue weighted by Crippen LogP contribution is 2.31. The van der Waals surface area contributed by atoms with Gasteiger partial charge in [-0.1, -0.05) is 19.4 Å². The number of hydrogen-bond acceptors (Lipinski definition) is 4. The van der Waals surface area contributed by atoms with Crippen LogP contribution in [0.3, 0.4) is 0 Å². The van der Waals surface area contributed by atoms with Crippen molar-refractivity contribution in [2.75, 3.05) is 17.1 Å². The Bertz CT molecular complexity index is 929. The maximum absolute atomic E-state index is 12.9. The summed E-state index contributed by atoms with van der Waals surface area (Å²) in [5.41, 5.74) is 1.75. The molecule has 2 N–H and O–H groups in total. The van der Waals surface area contributed by atoms with Crippen LogP contribution in [0.15, 0.2) is 45.8 Å². The Morgan fingerprint density at radius 3 is 2.59 bits per heavy atom. The summed E-state index contributed by atoms with van der Waals surface area (Å²) in [5.74, 6) is 0.0394. The van der Waals surface area contributed by atoms with Crippen molar-refractivity contribution >= 4 is 43.2 Å². The van der Waals surface area contributed by atoms with Crippen LogP contribution in [0.2, 0.25) is 0 Å². The molecule has 0 heterocycles. The number of hydrogen-bond donors (Lipinski definition) is 2. The van der Waals surface area contributed by atoms with Crippen molar-refractivity contribution in [1.82, 2.24) is 0 Å². The highest BCUT2D eigenvalue weighted by Gasteiger charge is 2.22. The molecule has 2 aromatic rings. The molecule has 0 saturated heterocycles. The Balaban J connectivity index is 2.35. The first-order valence-corrected chi connectivity index (χ1v) is 10.8. The first-order valence-electron chi connectivity index (χ1n) is 8.53. The fourth-order valence-corrected chi connectivity index (χ4v) is 4.19. The molecule has 6 nitrogen and oxygen atoms in total. The zero-order valence-electron chi connectivity index (χ0n) is 15.5. The van der Waals surface area contributed by atoms with Gasteiger partial charge in [-0.15, -0.1) is 0 Å². The van der Waals surface area contributed by atoms with Gasteiger partial charge in [0.25, 0.3) is 10.0 Å². The van der Waals surface area contributed by atoms with Crippen LogP contribution in [0.25, 0.3) is 0 Å². The van der Waals surface area contributed by atoms with E-state index in [1.165, 1.54) is 19.2 Å². The highest BCUT2D eigenvalue weighted by atomic mass is 79.9. The maximum Gasteiger partial charge on any atom is 0.265 e. The number of rotatable bonds is 8. The average Bonchev–Trinajstić information content (AvgIpc) is 2.62. The Hall–Kier alpha value is -2.06. The van der Waals surface area contributed by atoms with E-state index in [9.17, 15) is 13.2 Å². The van der Waals surface area contributed by atoms with Crippen molar-refractivity contribution in [3.8, 4) is 5.75 Å². The van der Waals surface area contributed by atoms with E-state index in [4.69, 9.17) is 4.74 Å². The van der Waals surface area contributed by atoms with Crippen molar-refractivity contribution in [3.63, 3.8) is 0 Å². The Morgan fingerprint density at radius 2 is 1.93 bits per heavy atom. The second-order valence-corrected chi connectivity index (χ2v) is 8.61. The van der Waals surface area contributed by atoms with Gasteiger partial charge < -0.3 is 10.1 Å². The van der Waals surface area contributed by atoms with Crippen LogP contribution in [-0.2, 0) is 14.8 Å². The van der Waals surface area contributed by atoms with Gasteiger partial charge in [0.05, 0.1) is 12.8 Å². The zero-order valence-corrected chi connectivity index (χ0v) is 17.9. The molecule has 146 valence electrons. The van der Waals surface area contributed by atoms with E-state index in [0.717, 1.165) is 18.4 Å². The number of nitrogens with one attached hydrogen (secondary N) is 2. The van der Waals surface area contributed by atoms with E-state index in [2.05, 4.69) is 26.0 Å². The fourth-order valence-electron chi connectivity index (χ4n) is 2.44. The molecule has 0 aromatic heterocycles. The predicted octanol–water partition coefficient (Wildman–Crippen LogP) is 4.70. The summed E-state index contributed by atoms with van der Waals surface area (Å²) in [7, 11) is -2.53. The van der Waals surface area contributed by atoms with Gasteiger partial charge in [-0.05, 0) is 65.2 Å². The molecule has 1 amide bonds. The molecule has 8 heteroatoms. The Labute approximate surface area is 168 Å². The first kappa shape index (κ1) is 21.2. The first-order chi connectivity index (χ1) is 12.8. The van der Waals surface area contributed by atoms with Gasteiger partial charge in [0.2, 0.25) is 5.91 Å². The minimum atomic E-state index is -3.93. The van der Waals surface area contributed by atoms with Crippen molar-refractivity contribution in [1.29, 1.82) is 0 Å². The van der Waals surface area contributed by atoms with Crippen molar-refractivity contribution in [3.05, 3.63) is 46.4 Å². The van der Waals surface area contributed by atoms with Crippen LogP contribution < -0.4 is 14.8 Å². The molecule has 27 heavy (non-hydrogen) atoms. The number of ether oxygens (including phenoxy) is 1. The van der Waals surface area contributed by atoms with E-state index in [1.807, 2.05) is 19.9 Å². The quantitative estimate of drug-likeness (QED) is 0.605. The highest BCUT2D eigenvalue weighted by molar-refractivity contribution is 9.10. The normalized spacial score (nSPS) is 11.1. The van der Waals surface area contributed by atoms with Gasteiger partial charge in [-0.25, -0.2) is 8.42 Å². The smallest absolute Gasteiger partial charge is 0.265 e. The van der Waals surface area contributed by atoms with Gasteiger partial charge in [-0.3, -0.25) is 9.52 Å². The van der Waals surface area contributed by atoms with Crippen LogP contribution in [0.4, 0.5) is 11.4 Å². The molecule has 0 atom stereocenters. The lowest BCUT2D eigenvalue weighted by atomic mass is 10.2. The molecule has 0 aliphatic heterocycles. The second-order valence-electron chi connectivity index (χ2n) is 6.11. The topological polar surface area (TPSA) is 84.5 Å². The van der Waals surface area contributed by atoms with E-state index < -0.39 is 10.0 Å². The lowest BCUT2D eigenvalue weighted by Gasteiger charge is -2.15. The van der Waals surface area contributed by atoms with Gasteiger partial charge in [0.15, 0.2) is 0 Å². The number of carbonyl (C=O) groups excluding carboxylic acids is 1. The summed E-state index contributed by atoms with van der Waals surface area (Å²) in [4.78, 5) is 11.9. The Morgan fingerprint density at radius 1 is 1.19 bits per heavy atom. The SMILES string of the molecule is CCCCC(=O)Nc1ccc(OC)c(S(=O)(=O)Nc2cc(C)ccc2Br)c1. The number of anilines is 2. The van der Waals surface area contributed by atoms with Crippen LogP contribution >= 0.6 is 15.9 Å². The largest absolute Gasteiger partial charge is 0.495 e. The number of sulfonamides is 1. The molecule has 0 spiro atoms. The molecule has 0 saturated carbocycles. The van der Waals surface area contributed by atoms with Crippen LogP contribution in [0.5, 0.6) is 5.75 Å². The number of aryl methyl sites for hydroxylation is 1. The van der Waals surface area contributed by atoms with E-state index in [1.54, 1.807) is 18.2 Å². The fraction of sp³-hybridized carbons (Fsp3) is 0.316. The number of benzene rings is 2. The zero-order chi connectivity index (χ0) is 20.0. The minimum absolute atomic E-state index is 0.0494. The summed E-state index contributed by atoms with van der Waals surface area (Å²) < 4.78 is 34.3. The molecular weight excluding hydrogens is 432 g/mol. The molecule has 0 aliphatic rings. The van der Waals surface area contributed by atoms with Crippen molar-refractivity contribution in [2.24, 2.45) is 0 Å². The molecule has 2 aromatic carbocycles. The summed E-state index contributed by atoms with van der Waals surface area (Å²) in [6, 6.07) is 9.91. The maximum atomic E-state index is 12.9. The third-order valence-corrected chi connectivity index (χ3v) is 5.94. The lowest BCUT2D eigenvalue weighted by Crippen LogP contribution is -2.16. The van der Waals surface area contributed by atoms with Gasteiger partial charge in [-0.2, -0.15) is 0 Å². The van der Waals surface area contributed by atoms with E-state index in [0.29, 0.717) is 22.3 Å². The van der Waals surface area contributed by atoms with E-state index >= 15 is 0 Å². The third-order valence-electron chi connectivity index (χ3n) is 3.86. The molecule has 2 rings (SSSR count). The van der Waals surface area contributed by atoms with Crippen molar-refractivity contribution < 1.29 is 17.9 Å². The molecule has 0 bridgehead atoms. The number of methoxy groups -OCH3 is 1. The second kappa shape index (κ2) is 9.23. The number of carbonyl (C=O) groups is 1.